The Bertz CT molecular complexity index is 426. The molecular weight excluding hydrogens is 242 g/mol. The first-order valence-corrected chi connectivity index (χ1v) is 7.33. The molecular formula is C11H17NO2S2. The predicted molar refractivity (Wildman–Crippen MR) is 69.5 cm³/mol. The van der Waals surface area contributed by atoms with Crippen molar-refractivity contribution in [1.82, 2.24) is 4.72 Å². The minimum Gasteiger partial charge on any atom is -0.208 e. The summed E-state index contributed by atoms with van der Waals surface area (Å²) in [4.78, 5) is 0.304. The standard InChI is InChI=1S/C11H17NO2S2/c1-3-10-4-6-11(7-5-10)16(13,14)12-9(2)8-15/h4-7,9,12,15H,3,8H2,1-2H3/t9-/m1/s1. The van der Waals surface area contributed by atoms with Gasteiger partial charge < -0.3 is 0 Å². The molecule has 0 bridgehead atoms. The number of sulfonamides is 1. The highest BCUT2D eigenvalue weighted by Gasteiger charge is 2.15. The van der Waals surface area contributed by atoms with E-state index >= 15 is 0 Å². The van der Waals surface area contributed by atoms with Gasteiger partial charge in [-0.15, -0.1) is 0 Å². The molecule has 16 heavy (non-hydrogen) atoms. The van der Waals surface area contributed by atoms with Gasteiger partial charge in [-0.2, -0.15) is 12.6 Å². The second kappa shape index (κ2) is 5.70. The molecule has 0 saturated carbocycles. The summed E-state index contributed by atoms with van der Waals surface area (Å²) < 4.78 is 26.3. The summed E-state index contributed by atoms with van der Waals surface area (Å²) in [6.45, 7) is 3.82. The van der Waals surface area contributed by atoms with E-state index in [0.717, 1.165) is 12.0 Å². The smallest absolute Gasteiger partial charge is 0.208 e. The Kier molecular flexibility index (Phi) is 4.83. The lowest BCUT2D eigenvalue weighted by atomic mass is 10.2. The van der Waals surface area contributed by atoms with Crippen LogP contribution < -0.4 is 4.72 Å². The Balaban J connectivity index is 2.90. The molecule has 1 atom stereocenters. The second-order valence-electron chi connectivity index (χ2n) is 3.70. The van der Waals surface area contributed by atoms with Gasteiger partial charge in [0.25, 0.3) is 0 Å². The van der Waals surface area contributed by atoms with E-state index in [1.807, 2.05) is 19.1 Å². The van der Waals surface area contributed by atoms with E-state index in [4.69, 9.17) is 0 Å². The quantitative estimate of drug-likeness (QED) is 0.793. The zero-order chi connectivity index (χ0) is 12.2. The van der Waals surface area contributed by atoms with Crippen LogP contribution in [0.25, 0.3) is 0 Å². The number of rotatable bonds is 5. The maximum absolute atomic E-state index is 11.9. The van der Waals surface area contributed by atoms with Crippen LogP contribution >= 0.6 is 12.6 Å². The molecule has 0 spiro atoms. The molecule has 1 N–H and O–H groups in total. The molecule has 1 rings (SSSR count). The highest BCUT2D eigenvalue weighted by Crippen LogP contribution is 2.11. The molecule has 0 fully saturated rings. The lowest BCUT2D eigenvalue weighted by molar-refractivity contribution is 0.571. The first kappa shape index (κ1) is 13.5. The van der Waals surface area contributed by atoms with Gasteiger partial charge >= 0.3 is 0 Å². The summed E-state index contributed by atoms with van der Waals surface area (Å²) in [5.41, 5.74) is 1.13. The van der Waals surface area contributed by atoms with Crippen LogP contribution in [0, 0.1) is 0 Å². The summed E-state index contributed by atoms with van der Waals surface area (Å²) >= 11 is 4.04. The van der Waals surface area contributed by atoms with Crippen molar-refractivity contribution in [1.29, 1.82) is 0 Å². The van der Waals surface area contributed by atoms with E-state index in [2.05, 4.69) is 17.4 Å². The summed E-state index contributed by atoms with van der Waals surface area (Å²) in [5.74, 6) is 0.478. The third-order valence-corrected chi connectivity index (χ3v) is 4.43. The van der Waals surface area contributed by atoms with Crippen LogP contribution in [0.1, 0.15) is 19.4 Å². The number of aryl methyl sites for hydroxylation is 1. The van der Waals surface area contributed by atoms with Gasteiger partial charge in [-0.1, -0.05) is 19.1 Å². The molecule has 0 amide bonds. The number of nitrogens with one attached hydrogen (secondary N) is 1. The van der Waals surface area contributed by atoms with Crippen LogP contribution in [0.3, 0.4) is 0 Å². The molecule has 5 heteroatoms. The topological polar surface area (TPSA) is 46.2 Å². The molecule has 0 heterocycles. The number of benzene rings is 1. The predicted octanol–water partition coefficient (Wildman–Crippen LogP) is 1.85. The minimum absolute atomic E-state index is 0.167. The van der Waals surface area contributed by atoms with Gasteiger partial charge in [0.1, 0.15) is 0 Å². The van der Waals surface area contributed by atoms with Crippen molar-refractivity contribution < 1.29 is 8.42 Å². The first-order valence-electron chi connectivity index (χ1n) is 5.21. The van der Waals surface area contributed by atoms with E-state index < -0.39 is 10.0 Å². The van der Waals surface area contributed by atoms with Crippen LogP contribution in [-0.4, -0.2) is 20.2 Å². The van der Waals surface area contributed by atoms with Gasteiger partial charge in [0.2, 0.25) is 10.0 Å². The SMILES string of the molecule is CCc1ccc(S(=O)(=O)N[C@H](C)CS)cc1. The zero-order valence-electron chi connectivity index (χ0n) is 9.47. The van der Waals surface area contributed by atoms with Crippen LogP contribution in [0.5, 0.6) is 0 Å². The average molecular weight is 259 g/mol. The summed E-state index contributed by atoms with van der Waals surface area (Å²) in [6.07, 6.45) is 0.904. The molecule has 1 aromatic carbocycles. The molecule has 3 nitrogen and oxygen atoms in total. The zero-order valence-corrected chi connectivity index (χ0v) is 11.2. The number of hydrogen-bond acceptors (Lipinski definition) is 3. The van der Waals surface area contributed by atoms with E-state index in [0.29, 0.717) is 10.6 Å². The molecule has 90 valence electrons. The molecule has 1 aromatic rings. The Morgan fingerprint density at radius 1 is 1.31 bits per heavy atom. The van der Waals surface area contributed by atoms with E-state index in [9.17, 15) is 8.42 Å². The Morgan fingerprint density at radius 2 is 1.88 bits per heavy atom. The minimum atomic E-state index is -3.40. The molecule has 0 aliphatic heterocycles. The molecule has 0 aliphatic rings. The normalized spacial score (nSPS) is 13.7. The van der Waals surface area contributed by atoms with Crippen molar-refractivity contribution in [2.45, 2.75) is 31.2 Å². The van der Waals surface area contributed by atoms with Crippen LogP contribution in [-0.2, 0) is 16.4 Å². The first-order chi connectivity index (χ1) is 7.49. The molecule has 0 radical (unpaired) electrons. The Hall–Kier alpha value is -0.520. The van der Waals surface area contributed by atoms with Gasteiger partial charge in [0, 0.05) is 11.8 Å². The summed E-state index contributed by atoms with van der Waals surface area (Å²) in [5, 5.41) is 0. The van der Waals surface area contributed by atoms with Crippen molar-refractivity contribution in [2.75, 3.05) is 5.75 Å². The largest absolute Gasteiger partial charge is 0.240 e. The van der Waals surface area contributed by atoms with Crippen LogP contribution in [0.15, 0.2) is 29.2 Å². The maximum atomic E-state index is 11.9. The van der Waals surface area contributed by atoms with Gasteiger partial charge in [-0.05, 0) is 31.0 Å². The van der Waals surface area contributed by atoms with Crippen molar-refractivity contribution >= 4 is 22.7 Å². The fourth-order valence-corrected chi connectivity index (χ4v) is 2.73. The monoisotopic (exact) mass is 259 g/mol. The molecule has 0 aromatic heterocycles. The Morgan fingerprint density at radius 3 is 2.31 bits per heavy atom. The van der Waals surface area contributed by atoms with E-state index in [1.165, 1.54) is 0 Å². The lowest BCUT2D eigenvalue weighted by Crippen LogP contribution is -2.33. The van der Waals surface area contributed by atoms with Gasteiger partial charge in [-0.25, -0.2) is 13.1 Å². The van der Waals surface area contributed by atoms with E-state index in [1.54, 1.807) is 19.1 Å². The van der Waals surface area contributed by atoms with Gasteiger partial charge in [-0.3, -0.25) is 0 Å². The van der Waals surface area contributed by atoms with E-state index in [-0.39, 0.29) is 6.04 Å². The van der Waals surface area contributed by atoms with Crippen molar-refractivity contribution in [3.8, 4) is 0 Å². The highest BCUT2D eigenvalue weighted by atomic mass is 32.2. The third-order valence-electron chi connectivity index (χ3n) is 2.27. The van der Waals surface area contributed by atoms with Gasteiger partial charge in [0.05, 0.1) is 4.90 Å². The van der Waals surface area contributed by atoms with Crippen LogP contribution in [0.4, 0.5) is 0 Å². The fraction of sp³-hybridized carbons (Fsp3) is 0.455. The van der Waals surface area contributed by atoms with Gasteiger partial charge in [0.15, 0.2) is 0 Å². The highest BCUT2D eigenvalue weighted by molar-refractivity contribution is 7.89. The second-order valence-corrected chi connectivity index (χ2v) is 5.78. The Labute approximate surface area is 103 Å². The van der Waals surface area contributed by atoms with Crippen LogP contribution in [0.2, 0.25) is 0 Å². The number of hydrogen-bond donors (Lipinski definition) is 2. The third kappa shape index (κ3) is 3.50. The van der Waals surface area contributed by atoms with Crippen molar-refractivity contribution in [2.24, 2.45) is 0 Å². The summed E-state index contributed by atoms with van der Waals surface area (Å²) in [6, 6.07) is 6.76. The lowest BCUT2D eigenvalue weighted by Gasteiger charge is -2.11. The molecule has 0 unspecified atom stereocenters. The van der Waals surface area contributed by atoms with Crippen molar-refractivity contribution in [3.63, 3.8) is 0 Å². The fourth-order valence-electron chi connectivity index (χ4n) is 1.27. The maximum Gasteiger partial charge on any atom is 0.240 e. The van der Waals surface area contributed by atoms with Crippen molar-refractivity contribution in [3.05, 3.63) is 29.8 Å². The molecule has 0 aliphatic carbocycles. The molecule has 0 saturated heterocycles. The number of thiol groups is 1. The average Bonchev–Trinajstić information content (AvgIpc) is 2.28. The summed E-state index contributed by atoms with van der Waals surface area (Å²) in [7, 11) is -3.40.